The summed E-state index contributed by atoms with van der Waals surface area (Å²) in [5, 5.41) is 2.01. The molecule has 4 nitrogen and oxygen atoms in total. The number of rotatable bonds is 6. The molecule has 0 atom stereocenters. The molecule has 0 aliphatic carbocycles. The van der Waals surface area contributed by atoms with Crippen LogP contribution in [0.3, 0.4) is 0 Å². The van der Waals surface area contributed by atoms with Crippen LogP contribution in [0.5, 0.6) is 0 Å². The minimum absolute atomic E-state index is 0.529. The molecule has 0 saturated heterocycles. The van der Waals surface area contributed by atoms with Gasteiger partial charge in [0, 0.05) is 6.54 Å². The first kappa shape index (κ1) is 14.6. The van der Waals surface area contributed by atoms with Crippen molar-refractivity contribution < 1.29 is 8.83 Å². The summed E-state index contributed by atoms with van der Waals surface area (Å²) in [7, 11) is 0. The molecule has 0 bridgehead atoms. The lowest BCUT2D eigenvalue weighted by molar-refractivity contribution is 0.260. The van der Waals surface area contributed by atoms with Gasteiger partial charge in [-0.05, 0) is 30.5 Å². The van der Waals surface area contributed by atoms with Gasteiger partial charge in [0.1, 0.15) is 11.5 Å². The molecule has 0 N–H and O–H groups in total. The summed E-state index contributed by atoms with van der Waals surface area (Å²) in [6.07, 6.45) is 7.13. The molecule has 3 heterocycles. The molecule has 0 spiro atoms. The second-order valence-corrected chi connectivity index (χ2v) is 5.88. The molecular weight excluding hydrogens is 296 g/mol. The third-order valence-corrected chi connectivity index (χ3v) is 4.13. The lowest BCUT2D eigenvalue weighted by Crippen LogP contribution is -2.23. The molecule has 0 fully saturated rings. The van der Waals surface area contributed by atoms with E-state index in [1.165, 1.54) is 0 Å². The van der Waals surface area contributed by atoms with Crippen molar-refractivity contribution in [3.05, 3.63) is 53.1 Å². The molecule has 0 radical (unpaired) electrons. The zero-order chi connectivity index (χ0) is 15.4. The summed E-state index contributed by atoms with van der Waals surface area (Å²) in [4.78, 5) is 7.74. The number of aryl methyl sites for hydroxylation is 1. The van der Waals surface area contributed by atoms with E-state index in [0.29, 0.717) is 25.5 Å². The average Bonchev–Trinajstić information content (AvgIpc) is 3.22. The van der Waals surface area contributed by atoms with Crippen LogP contribution < -0.4 is 0 Å². The van der Waals surface area contributed by atoms with Crippen LogP contribution in [-0.4, -0.2) is 16.4 Å². The van der Waals surface area contributed by atoms with Crippen molar-refractivity contribution in [2.45, 2.75) is 20.0 Å². The van der Waals surface area contributed by atoms with Crippen molar-refractivity contribution >= 4 is 11.3 Å². The minimum Gasteiger partial charge on any atom is -0.468 e. The van der Waals surface area contributed by atoms with E-state index in [9.17, 15) is 0 Å². The number of thiophene rings is 1. The van der Waals surface area contributed by atoms with Gasteiger partial charge in [0.2, 0.25) is 5.89 Å². The minimum atomic E-state index is 0.529. The van der Waals surface area contributed by atoms with Crippen LogP contribution >= 0.6 is 11.3 Å². The Hall–Kier alpha value is -2.29. The Labute approximate surface area is 133 Å². The number of hydrogen-bond acceptors (Lipinski definition) is 5. The fourth-order valence-corrected chi connectivity index (χ4v) is 2.86. The number of hydrogen-bond donors (Lipinski definition) is 0. The summed E-state index contributed by atoms with van der Waals surface area (Å²) in [5.41, 5.74) is 0.908. The summed E-state index contributed by atoms with van der Waals surface area (Å²) >= 11 is 1.61. The van der Waals surface area contributed by atoms with E-state index in [0.717, 1.165) is 22.1 Å². The van der Waals surface area contributed by atoms with Crippen LogP contribution in [0.25, 0.3) is 10.8 Å². The van der Waals surface area contributed by atoms with E-state index < -0.39 is 0 Å². The van der Waals surface area contributed by atoms with Gasteiger partial charge < -0.3 is 8.83 Å². The second-order valence-electron chi connectivity index (χ2n) is 4.93. The number of aromatic nitrogens is 1. The molecule has 0 aliphatic rings. The molecule has 5 heteroatoms. The summed E-state index contributed by atoms with van der Waals surface area (Å²) < 4.78 is 11.2. The summed E-state index contributed by atoms with van der Waals surface area (Å²) in [5.74, 6) is 5.06. The lowest BCUT2D eigenvalue weighted by Gasteiger charge is -2.17. The molecule has 0 unspecified atom stereocenters. The highest BCUT2D eigenvalue weighted by molar-refractivity contribution is 7.13. The molecule has 0 aliphatic heterocycles. The Morgan fingerprint density at radius 2 is 2.23 bits per heavy atom. The Kier molecular flexibility index (Phi) is 4.42. The first-order valence-electron chi connectivity index (χ1n) is 6.94. The molecule has 0 saturated carbocycles. The van der Waals surface area contributed by atoms with E-state index in [1.54, 1.807) is 17.6 Å². The normalized spacial score (nSPS) is 11.0. The Balaban J connectivity index is 1.76. The van der Waals surface area contributed by atoms with Gasteiger partial charge in [0.05, 0.1) is 29.9 Å². The van der Waals surface area contributed by atoms with Gasteiger partial charge in [-0.25, -0.2) is 4.98 Å². The molecule has 3 aromatic rings. The van der Waals surface area contributed by atoms with E-state index in [-0.39, 0.29) is 0 Å². The number of terminal acetylenes is 1. The van der Waals surface area contributed by atoms with Crippen molar-refractivity contribution in [2.75, 3.05) is 6.54 Å². The highest BCUT2D eigenvalue weighted by Crippen LogP contribution is 2.26. The Bertz CT molecular complexity index is 751. The quantitative estimate of drug-likeness (QED) is 0.647. The number of furan rings is 1. The summed E-state index contributed by atoms with van der Waals surface area (Å²) in [6, 6.07) is 7.80. The molecular formula is C17H16N2O2S. The highest BCUT2D eigenvalue weighted by Gasteiger charge is 2.16. The van der Waals surface area contributed by atoms with Crippen LogP contribution in [0.2, 0.25) is 0 Å². The molecule has 22 heavy (non-hydrogen) atoms. The SMILES string of the molecule is C#CCN(Cc1ccco1)Cc1nc(-c2cccs2)oc1C. The van der Waals surface area contributed by atoms with E-state index in [4.69, 9.17) is 15.3 Å². The van der Waals surface area contributed by atoms with Gasteiger partial charge in [0.15, 0.2) is 0 Å². The van der Waals surface area contributed by atoms with E-state index >= 15 is 0 Å². The van der Waals surface area contributed by atoms with Gasteiger partial charge in [-0.3, -0.25) is 4.90 Å². The lowest BCUT2D eigenvalue weighted by atomic mass is 10.3. The van der Waals surface area contributed by atoms with Crippen molar-refractivity contribution in [2.24, 2.45) is 0 Å². The smallest absolute Gasteiger partial charge is 0.236 e. The Morgan fingerprint density at radius 1 is 1.32 bits per heavy atom. The third kappa shape index (κ3) is 3.30. The molecule has 3 aromatic heterocycles. The predicted octanol–water partition coefficient (Wildman–Crippen LogP) is 3.94. The van der Waals surface area contributed by atoms with E-state index in [1.807, 2.05) is 36.6 Å². The number of oxazole rings is 1. The summed E-state index contributed by atoms with van der Waals surface area (Å²) in [6.45, 7) is 3.74. The first-order chi connectivity index (χ1) is 10.8. The highest BCUT2D eigenvalue weighted by atomic mass is 32.1. The zero-order valence-electron chi connectivity index (χ0n) is 12.3. The van der Waals surface area contributed by atoms with Crippen LogP contribution in [0.1, 0.15) is 17.2 Å². The van der Waals surface area contributed by atoms with Gasteiger partial charge in [-0.1, -0.05) is 12.0 Å². The van der Waals surface area contributed by atoms with Gasteiger partial charge in [-0.2, -0.15) is 0 Å². The van der Waals surface area contributed by atoms with Gasteiger partial charge in [-0.15, -0.1) is 17.8 Å². The van der Waals surface area contributed by atoms with Crippen LogP contribution in [-0.2, 0) is 13.1 Å². The maximum Gasteiger partial charge on any atom is 0.236 e. The standard InChI is InChI=1S/C17H16N2O2S/c1-3-8-19(11-14-6-4-9-20-14)12-15-13(2)21-17(18-15)16-7-5-10-22-16/h1,4-7,9-10H,8,11-12H2,2H3. The fourth-order valence-electron chi connectivity index (χ4n) is 2.21. The van der Waals surface area contributed by atoms with Crippen molar-refractivity contribution in [3.63, 3.8) is 0 Å². The molecule has 112 valence electrons. The van der Waals surface area contributed by atoms with Crippen LogP contribution in [0, 0.1) is 19.3 Å². The van der Waals surface area contributed by atoms with Crippen molar-refractivity contribution in [1.82, 2.24) is 9.88 Å². The van der Waals surface area contributed by atoms with Gasteiger partial charge >= 0.3 is 0 Å². The second kappa shape index (κ2) is 6.65. The molecule has 0 aromatic carbocycles. The van der Waals surface area contributed by atoms with Crippen molar-refractivity contribution in [1.29, 1.82) is 0 Å². The fraction of sp³-hybridized carbons (Fsp3) is 0.235. The third-order valence-electron chi connectivity index (χ3n) is 3.27. The maximum atomic E-state index is 5.77. The maximum absolute atomic E-state index is 5.77. The Morgan fingerprint density at radius 3 is 2.91 bits per heavy atom. The molecule has 0 amide bonds. The topological polar surface area (TPSA) is 42.4 Å². The van der Waals surface area contributed by atoms with E-state index in [2.05, 4.69) is 15.8 Å². The van der Waals surface area contributed by atoms with Crippen LogP contribution in [0.15, 0.2) is 44.7 Å². The largest absolute Gasteiger partial charge is 0.468 e. The molecule has 3 rings (SSSR count). The monoisotopic (exact) mass is 312 g/mol. The van der Waals surface area contributed by atoms with Gasteiger partial charge in [0.25, 0.3) is 0 Å². The predicted molar refractivity (Wildman–Crippen MR) is 86.2 cm³/mol. The zero-order valence-corrected chi connectivity index (χ0v) is 13.1. The van der Waals surface area contributed by atoms with Crippen LogP contribution in [0.4, 0.5) is 0 Å². The number of nitrogens with zero attached hydrogens (tertiary/aromatic N) is 2. The van der Waals surface area contributed by atoms with Crippen molar-refractivity contribution in [3.8, 4) is 23.1 Å². The average molecular weight is 312 g/mol. The first-order valence-corrected chi connectivity index (χ1v) is 7.82.